The largest absolute Gasteiger partial charge is 0.354 e. The van der Waals surface area contributed by atoms with Gasteiger partial charge in [0, 0.05) is 35.2 Å². The molecule has 7 heteroatoms. The summed E-state index contributed by atoms with van der Waals surface area (Å²) in [6.07, 6.45) is 0. The molecule has 27 heavy (non-hydrogen) atoms. The van der Waals surface area contributed by atoms with Crippen molar-refractivity contribution < 1.29 is 9.18 Å². The van der Waals surface area contributed by atoms with Crippen LogP contribution in [-0.4, -0.2) is 22.4 Å². The second-order valence-corrected chi connectivity index (χ2v) is 5.92. The lowest BCUT2D eigenvalue weighted by molar-refractivity contribution is 0.102. The second kappa shape index (κ2) is 8.27. The normalized spacial score (nSPS) is 10.3. The van der Waals surface area contributed by atoms with Crippen LogP contribution in [0.4, 0.5) is 27.5 Å². The number of rotatable bonds is 6. The van der Waals surface area contributed by atoms with Crippen molar-refractivity contribution in [3.05, 3.63) is 71.7 Å². The molecule has 0 saturated carbocycles. The molecule has 0 fully saturated rings. The van der Waals surface area contributed by atoms with Crippen molar-refractivity contribution in [2.24, 2.45) is 0 Å². The first-order chi connectivity index (χ1) is 13.0. The van der Waals surface area contributed by atoms with Crippen LogP contribution in [0.2, 0.25) is 0 Å². The van der Waals surface area contributed by atoms with E-state index in [-0.39, 0.29) is 11.5 Å². The van der Waals surface area contributed by atoms with E-state index < -0.39 is 5.82 Å². The minimum atomic E-state index is -0.445. The highest BCUT2D eigenvalue weighted by molar-refractivity contribution is 6.04. The van der Waals surface area contributed by atoms with Crippen LogP contribution >= 0.6 is 0 Å². The van der Waals surface area contributed by atoms with Crippen LogP contribution in [0.15, 0.2) is 54.6 Å². The summed E-state index contributed by atoms with van der Waals surface area (Å²) in [4.78, 5) is 20.9. The fraction of sp³-hybridized carbons (Fsp3) is 0.150. The number of aromatic nitrogens is 2. The number of amides is 1. The Morgan fingerprint density at radius 2 is 1.78 bits per heavy atom. The van der Waals surface area contributed by atoms with Crippen LogP contribution in [0.5, 0.6) is 0 Å². The van der Waals surface area contributed by atoms with Gasteiger partial charge in [0.2, 0.25) is 5.95 Å². The van der Waals surface area contributed by atoms with Crippen molar-refractivity contribution in [3.8, 4) is 0 Å². The fourth-order valence-electron chi connectivity index (χ4n) is 2.49. The Labute approximate surface area is 156 Å². The van der Waals surface area contributed by atoms with Gasteiger partial charge >= 0.3 is 0 Å². The standard InChI is InChI=1S/C20H20FN5O/c1-3-22-20-23-13(2)11-18(26-20)24-16-7-9-17(10-8-16)25-19(27)14-5-4-6-15(21)12-14/h4-12H,3H2,1-2H3,(H,25,27)(H2,22,23,24,26). The minimum absolute atomic E-state index is 0.268. The van der Waals surface area contributed by atoms with E-state index in [0.717, 1.165) is 17.9 Å². The summed E-state index contributed by atoms with van der Waals surface area (Å²) in [5.74, 6) is 0.435. The van der Waals surface area contributed by atoms with Gasteiger partial charge < -0.3 is 16.0 Å². The molecule has 138 valence electrons. The van der Waals surface area contributed by atoms with Gasteiger partial charge in [0.1, 0.15) is 11.6 Å². The van der Waals surface area contributed by atoms with Gasteiger partial charge in [-0.1, -0.05) is 6.07 Å². The Morgan fingerprint density at radius 1 is 1.04 bits per heavy atom. The Morgan fingerprint density at radius 3 is 2.48 bits per heavy atom. The fourth-order valence-corrected chi connectivity index (χ4v) is 2.49. The maximum Gasteiger partial charge on any atom is 0.255 e. The number of hydrogen-bond acceptors (Lipinski definition) is 5. The number of nitrogens with one attached hydrogen (secondary N) is 3. The lowest BCUT2D eigenvalue weighted by atomic mass is 10.2. The van der Waals surface area contributed by atoms with Gasteiger partial charge in [-0.15, -0.1) is 0 Å². The molecule has 3 aromatic rings. The van der Waals surface area contributed by atoms with E-state index in [9.17, 15) is 9.18 Å². The van der Waals surface area contributed by atoms with Crippen molar-refractivity contribution in [1.82, 2.24) is 9.97 Å². The molecule has 0 aliphatic heterocycles. The lowest BCUT2D eigenvalue weighted by Crippen LogP contribution is -2.12. The number of anilines is 4. The third kappa shape index (κ3) is 5.01. The Hall–Kier alpha value is -3.48. The SMILES string of the molecule is CCNc1nc(C)cc(Nc2ccc(NC(=O)c3cccc(F)c3)cc2)n1. The molecule has 1 amide bonds. The van der Waals surface area contributed by atoms with Crippen LogP contribution in [-0.2, 0) is 0 Å². The molecule has 0 saturated heterocycles. The zero-order chi connectivity index (χ0) is 19.2. The monoisotopic (exact) mass is 365 g/mol. The number of aryl methyl sites for hydroxylation is 1. The maximum atomic E-state index is 13.2. The Balaban J connectivity index is 1.68. The molecule has 3 N–H and O–H groups in total. The first-order valence-electron chi connectivity index (χ1n) is 8.57. The molecule has 2 aromatic carbocycles. The van der Waals surface area contributed by atoms with Gasteiger partial charge in [-0.3, -0.25) is 4.79 Å². The maximum absolute atomic E-state index is 13.2. The van der Waals surface area contributed by atoms with Crippen molar-refractivity contribution >= 4 is 29.0 Å². The molecule has 1 heterocycles. The first kappa shape index (κ1) is 18.3. The van der Waals surface area contributed by atoms with Crippen LogP contribution < -0.4 is 16.0 Å². The Bertz CT molecular complexity index is 943. The van der Waals surface area contributed by atoms with Crippen LogP contribution in [0, 0.1) is 12.7 Å². The quantitative estimate of drug-likeness (QED) is 0.605. The molecular weight excluding hydrogens is 345 g/mol. The number of benzene rings is 2. The van der Waals surface area contributed by atoms with Gasteiger partial charge in [-0.05, 0) is 56.3 Å². The van der Waals surface area contributed by atoms with E-state index in [4.69, 9.17) is 0 Å². The highest BCUT2D eigenvalue weighted by Gasteiger charge is 2.07. The molecule has 0 aliphatic carbocycles. The molecule has 0 aliphatic rings. The topological polar surface area (TPSA) is 78.9 Å². The smallest absolute Gasteiger partial charge is 0.255 e. The van der Waals surface area contributed by atoms with Gasteiger partial charge in [-0.2, -0.15) is 4.98 Å². The molecule has 0 atom stereocenters. The van der Waals surface area contributed by atoms with Gasteiger partial charge in [0.25, 0.3) is 5.91 Å². The molecule has 0 unspecified atom stereocenters. The predicted octanol–water partition coefficient (Wildman–Crippen LogP) is 4.35. The van der Waals surface area contributed by atoms with Crippen molar-refractivity contribution in [2.75, 3.05) is 22.5 Å². The second-order valence-electron chi connectivity index (χ2n) is 5.92. The van der Waals surface area contributed by atoms with E-state index in [1.807, 2.05) is 32.0 Å². The average molecular weight is 365 g/mol. The van der Waals surface area contributed by atoms with Gasteiger partial charge in [-0.25, -0.2) is 9.37 Å². The van der Waals surface area contributed by atoms with E-state index in [2.05, 4.69) is 25.9 Å². The van der Waals surface area contributed by atoms with Gasteiger partial charge in [0.05, 0.1) is 0 Å². The minimum Gasteiger partial charge on any atom is -0.354 e. The number of carbonyl (C=O) groups is 1. The number of carbonyl (C=O) groups excluding carboxylic acids is 1. The molecular formula is C20H20FN5O. The molecule has 0 radical (unpaired) electrons. The first-order valence-corrected chi connectivity index (χ1v) is 8.57. The molecule has 0 spiro atoms. The third-order valence-electron chi connectivity index (χ3n) is 3.69. The van der Waals surface area contributed by atoms with Gasteiger partial charge in [0.15, 0.2) is 0 Å². The zero-order valence-corrected chi connectivity index (χ0v) is 15.1. The predicted molar refractivity (Wildman–Crippen MR) is 105 cm³/mol. The lowest BCUT2D eigenvalue weighted by Gasteiger charge is -2.10. The average Bonchev–Trinajstić information content (AvgIpc) is 2.63. The number of nitrogens with zero attached hydrogens (tertiary/aromatic N) is 2. The highest BCUT2D eigenvalue weighted by Crippen LogP contribution is 2.19. The number of halogens is 1. The van der Waals surface area contributed by atoms with E-state index in [1.54, 1.807) is 18.2 Å². The summed E-state index contributed by atoms with van der Waals surface area (Å²) >= 11 is 0. The number of hydrogen-bond donors (Lipinski definition) is 3. The van der Waals surface area contributed by atoms with Crippen molar-refractivity contribution in [1.29, 1.82) is 0 Å². The summed E-state index contributed by atoms with van der Waals surface area (Å²) in [5.41, 5.74) is 2.55. The van der Waals surface area contributed by atoms with Crippen LogP contribution in [0.3, 0.4) is 0 Å². The Kier molecular flexibility index (Phi) is 5.61. The third-order valence-corrected chi connectivity index (χ3v) is 3.69. The summed E-state index contributed by atoms with van der Waals surface area (Å²) in [6.45, 7) is 4.62. The van der Waals surface area contributed by atoms with E-state index in [1.165, 1.54) is 18.2 Å². The van der Waals surface area contributed by atoms with Crippen molar-refractivity contribution in [3.63, 3.8) is 0 Å². The van der Waals surface area contributed by atoms with Crippen LogP contribution in [0.25, 0.3) is 0 Å². The summed E-state index contributed by atoms with van der Waals surface area (Å²) in [7, 11) is 0. The zero-order valence-electron chi connectivity index (χ0n) is 15.1. The van der Waals surface area contributed by atoms with Crippen LogP contribution in [0.1, 0.15) is 23.0 Å². The molecule has 3 rings (SSSR count). The molecule has 0 bridgehead atoms. The summed E-state index contributed by atoms with van der Waals surface area (Å²) in [5, 5.41) is 9.04. The van der Waals surface area contributed by atoms with E-state index >= 15 is 0 Å². The molecule has 1 aromatic heterocycles. The summed E-state index contributed by atoms with van der Waals surface area (Å²) in [6, 6.07) is 14.6. The molecule has 6 nitrogen and oxygen atoms in total. The van der Waals surface area contributed by atoms with Crippen molar-refractivity contribution in [2.45, 2.75) is 13.8 Å². The van der Waals surface area contributed by atoms with E-state index in [0.29, 0.717) is 17.5 Å². The highest BCUT2D eigenvalue weighted by atomic mass is 19.1. The summed E-state index contributed by atoms with van der Waals surface area (Å²) < 4.78 is 13.2.